The molecular formula is C29H35F3N8O2. The number of piperazine rings is 1. The number of hydrogen-bond acceptors (Lipinski definition) is 8. The third-order valence-corrected chi connectivity index (χ3v) is 8.16. The highest BCUT2D eigenvalue weighted by atomic mass is 19.4. The van der Waals surface area contributed by atoms with Gasteiger partial charge in [-0.3, -0.25) is 19.1 Å². The van der Waals surface area contributed by atoms with E-state index in [-0.39, 0.29) is 46.0 Å². The van der Waals surface area contributed by atoms with Crippen molar-refractivity contribution in [1.29, 1.82) is 0 Å². The average Bonchev–Trinajstić information content (AvgIpc) is 2.94. The Morgan fingerprint density at radius 3 is 2.36 bits per heavy atom. The molecule has 0 spiro atoms. The van der Waals surface area contributed by atoms with Crippen LogP contribution in [0.4, 0.5) is 30.6 Å². The quantitative estimate of drug-likeness (QED) is 0.334. The van der Waals surface area contributed by atoms with Gasteiger partial charge in [0.2, 0.25) is 11.9 Å². The van der Waals surface area contributed by atoms with E-state index in [9.17, 15) is 22.8 Å². The Labute approximate surface area is 241 Å². The van der Waals surface area contributed by atoms with Gasteiger partial charge in [0.05, 0.1) is 16.8 Å². The number of nitrogens with two attached hydrogens (primary N) is 1. The summed E-state index contributed by atoms with van der Waals surface area (Å²) in [5.41, 5.74) is 4.36. The highest BCUT2D eigenvalue weighted by Gasteiger charge is 2.39. The average molecular weight is 585 g/mol. The zero-order valence-electron chi connectivity index (χ0n) is 24.0. The third kappa shape index (κ3) is 5.17. The summed E-state index contributed by atoms with van der Waals surface area (Å²) in [5, 5.41) is 0.00351. The predicted octanol–water partition coefficient (Wildman–Crippen LogP) is 3.06. The smallest absolute Gasteiger partial charge is 0.397 e. The number of aryl methyl sites for hydroxylation is 1. The van der Waals surface area contributed by atoms with Gasteiger partial charge < -0.3 is 20.4 Å². The van der Waals surface area contributed by atoms with E-state index in [2.05, 4.69) is 30.3 Å². The number of fused-ring (bicyclic) bond motifs is 1. The minimum atomic E-state index is -4.87. The van der Waals surface area contributed by atoms with Gasteiger partial charge in [-0.25, -0.2) is 4.98 Å². The van der Waals surface area contributed by atoms with Crippen molar-refractivity contribution in [2.45, 2.75) is 33.0 Å². The number of aromatic nitrogens is 3. The maximum Gasteiger partial charge on any atom is 0.431 e. The number of carbonyl (C=O) groups is 1. The van der Waals surface area contributed by atoms with Gasteiger partial charge in [0, 0.05) is 45.3 Å². The number of rotatable bonds is 7. The number of hydrogen-bond donors (Lipinski definition) is 1. The Bertz CT molecular complexity index is 1550. The molecule has 0 atom stereocenters. The van der Waals surface area contributed by atoms with E-state index < -0.39 is 17.4 Å². The minimum Gasteiger partial charge on any atom is -0.397 e. The Morgan fingerprint density at radius 2 is 1.79 bits per heavy atom. The number of likely N-dealkylation sites (N-methyl/N-ethyl adjacent to an activating group) is 1. The second kappa shape index (κ2) is 11.3. The van der Waals surface area contributed by atoms with E-state index in [4.69, 9.17) is 10.7 Å². The lowest BCUT2D eigenvalue weighted by atomic mass is 10.1. The number of pyridine rings is 1. The van der Waals surface area contributed by atoms with Gasteiger partial charge in [0.1, 0.15) is 17.0 Å². The number of benzene rings is 1. The molecule has 1 aromatic carbocycles. The molecule has 1 amide bonds. The highest BCUT2D eigenvalue weighted by Crippen LogP contribution is 2.37. The van der Waals surface area contributed by atoms with Crippen molar-refractivity contribution in [3.8, 4) is 5.69 Å². The number of alkyl halides is 3. The molecule has 0 bridgehead atoms. The summed E-state index contributed by atoms with van der Waals surface area (Å²) in [4.78, 5) is 43.2. The Morgan fingerprint density at radius 1 is 1.12 bits per heavy atom. The van der Waals surface area contributed by atoms with Crippen LogP contribution in [0.2, 0.25) is 0 Å². The number of nitrogen functional groups attached to an aromatic ring is 1. The highest BCUT2D eigenvalue weighted by molar-refractivity contribution is 5.92. The molecule has 2 N–H and O–H groups in total. The van der Waals surface area contributed by atoms with E-state index in [0.717, 1.165) is 19.2 Å². The van der Waals surface area contributed by atoms with Crippen LogP contribution in [0.25, 0.3) is 16.6 Å². The fraction of sp³-hybridized carbons (Fsp3) is 0.448. The Hall–Kier alpha value is -4.13. The molecule has 224 valence electrons. The normalized spacial score (nSPS) is 16.3. The number of para-hydroxylation sites is 1. The zero-order valence-corrected chi connectivity index (χ0v) is 24.0. The number of amides is 1. The van der Waals surface area contributed by atoms with Crippen LogP contribution in [0.5, 0.6) is 0 Å². The molecule has 2 aliphatic heterocycles. The van der Waals surface area contributed by atoms with Crippen LogP contribution in [-0.4, -0.2) is 88.6 Å². The summed E-state index contributed by atoms with van der Waals surface area (Å²) < 4.78 is 44.4. The second-order valence-electron chi connectivity index (χ2n) is 10.6. The molecule has 0 saturated carbocycles. The Balaban J connectivity index is 1.70. The lowest BCUT2D eigenvalue weighted by Gasteiger charge is -2.45. The topological polar surface area (TPSA) is 104 Å². The van der Waals surface area contributed by atoms with Crippen LogP contribution in [-0.2, 0) is 11.0 Å². The van der Waals surface area contributed by atoms with Gasteiger partial charge in [-0.05, 0) is 43.8 Å². The molecule has 0 aliphatic carbocycles. The molecule has 2 aromatic heterocycles. The first-order chi connectivity index (χ1) is 20.0. The van der Waals surface area contributed by atoms with Crippen molar-refractivity contribution in [2.24, 2.45) is 0 Å². The van der Waals surface area contributed by atoms with Crippen molar-refractivity contribution in [3.05, 3.63) is 58.5 Å². The maximum absolute atomic E-state index is 14.6. The molecular weight excluding hydrogens is 549 g/mol. The molecule has 2 fully saturated rings. The van der Waals surface area contributed by atoms with E-state index >= 15 is 0 Å². The molecule has 10 nitrogen and oxygen atoms in total. The number of carbonyl (C=O) groups excluding carboxylic acids is 1. The van der Waals surface area contributed by atoms with Crippen LogP contribution in [0.15, 0.2) is 41.7 Å². The fourth-order valence-corrected chi connectivity index (χ4v) is 5.82. The molecule has 2 aliphatic rings. The molecule has 5 rings (SSSR count). The van der Waals surface area contributed by atoms with Gasteiger partial charge in [0.25, 0.3) is 5.56 Å². The first-order valence-corrected chi connectivity index (χ1v) is 14.0. The van der Waals surface area contributed by atoms with E-state index in [1.165, 1.54) is 12.1 Å². The van der Waals surface area contributed by atoms with Crippen molar-refractivity contribution in [3.63, 3.8) is 0 Å². The first kappa shape index (κ1) is 29.4. The lowest BCUT2D eigenvalue weighted by molar-refractivity contribution is -0.142. The standard InChI is InChI=1S/C29H35F3N8O2/c1-5-23(41)37-11-13-38(14-12-37)26-20-15-22(29(30,31)32)40(25-18(4)9-8-10-21(25)33)27(42)24(20)34-28(35-26)39-16-19(17-39)36(6-2)7-3/h5,8-10,15,19H,1,6-7,11-14,16-17,33H2,2-4H3. The molecule has 0 radical (unpaired) electrons. The fourth-order valence-electron chi connectivity index (χ4n) is 5.82. The third-order valence-electron chi connectivity index (χ3n) is 8.16. The van der Waals surface area contributed by atoms with Gasteiger partial charge in [-0.2, -0.15) is 18.2 Å². The summed E-state index contributed by atoms with van der Waals surface area (Å²) in [5.74, 6) is 0.301. The van der Waals surface area contributed by atoms with Crippen molar-refractivity contribution < 1.29 is 18.0 Å². The van der Waals surface area contributed by atoms with Crippen molar-refractivity contribution in [2.75, 3.05) is 67.9 Å². The number of halogens is 3. The van der Waals surface area contributed by atoms with Gasteiger partial charge in [0.15, 0.2) is 0 Å². The molecule has 4 heterocycles. The number of nitrogens with zero attached hydrogens (tertiary/aromatic N) is 7. The summed E-state index contributed by atoms with van der Waals surface area (Å²) in [6.07, 6.45) is -3.64. The lowest BCUT2D eigenvalue weighted by Crippen LogP contribution is -2.60. The monoisotopic (exact) mass is 584 g/mol. The molecule has 0 unspecified atom stereocenters. The predicted molar refractivity (Wildman–Crippen MR) is 157 cm³/mol. The van der Waals surface area contributed by atoms with E-state index in [1.54, 1.807) is 24.0 Å². The molecule has 42 heavy (non-hydrogen) atoms. The van der Waals surface area contributed by atoms with Crippen LogP contribution in [0.3, 0.4) is 0 Å². The first-order valence-electron chi connectivity index (χ1n) is 14.0. The van der Waals surface area contributed by atoms with Crippen LogP contribution in [0.1, 0.15) is 25.1 Å². The second-order valence-corrected chi connectivity index (χ2v) is 10.6. The SMILES string of the molecule is C=CC(=O)N1CCN(c2nc(N3CC(N(CC)CC)C3)nc3c(=O)n(-c4c(C)cccc4N)c(C(F)(F)F)cc23)CC1. The summed E-state index contributed by atoms with van der Waals surface area (Å²) in [6, 6.07) is 5.92. The zero-order chi connectivity index (χ0) is 30.3. The maximum atomic E-state index is 14.6. The minimum absolute atomic E-state index is 0.00351. The van der Waals surface area contributed by atoms with Crippen molar-refractivity contribution >= 4 is 34.3 Å². The van der Waals surface area contributed by atoms with Gasteiger partial charge in [-0.1, -0.05) is 32.6 Å². The summed E-state index contributed by atoms with van der Waals surface area (Å²) in [7, 11) is 0. The van der Waals surface area contributed by atoms with Crippen LogP contribution >= 0.6 is 0 Å². The van der Waals surface area contributed by atoms with E-state index in [0.29, 0.717) is 49.4 Å². The van der Waals surface area contributed by atoms with Crippen LogP contribution < -0.4 is 21.1 Å². The molecule has 13 heteroatoms. The Kier molecular flexibility index (Phi) is 7.88. The summed E-state index contributed by atoms with van der Waals surface area (Å²) in [6.45, 7) is 13.7. The van der Waals surface area contributed by atoms with Gasteiger partial charge >= 0.3 is 6.18 Å². The number of anilines is 3. The van der Waals surface area contributed by atoms with Crippen LogP contribution in [0, 0.1) is 6.92 Å². The van der Waals surface area contributed by atoms with Gasteiger partial charge in [-0.15, -0.1) is 0 Å². The molecule has 3 aromatic rings. The molecule has 2 saturated heterocycles. The largest absolute Gasteiger partial charge is 0.431 e. The van der Waals surface area contributed by atoms with Crippen molar-refractivity contribution in [1.82, 2.24) is 24.3 Å². The van der Waals surface area contributed by atoms with E-state index in [1.807, 2.05) is 9.80 Å². The summed E-state index contributed by atoms with van der Waals surface area (Å²) >= 11 is 0.